The van der Waals surface area contributed by atoms with Crippen molar-refractivity contribution in [2.75, 3.05) is 0 Å². The second kappa shape index (κ2) is 4.07. The molecule has 0 bridgehead atoms. The van der Waals surface area contributed by atoms with Gasteiger partial charge in [0.15, 0.2) is 0 Å². The summed E-state index contributed by atoms with van der Waals surface area (Å²) in [6.07, 6.45) is -2.03. The molecule has 0 heterocycles. The fourth-order valence-electron chi connectivity index (χ4n) is 0.845. The van der Waals surface area contributed by atoms with Crippen molar-refractivity contribution in [3.63, 3.8) is 0 Å². The molecule has 0 aliphatic carbocycles. The Labute approximate surface area is 84.5 Å². The van der Waals surface area contributed by atoms with Gasteiger partial charge in [0, 0.05) is 15.6 Å². The van der Waals surface area contributed by atoms with E-state index in [0.717, 1.165) is 0 Å². The van der Waals surface area contributed by atoms with E-state index in [4.69, 9.17) is 33.4 Å². The molecule has 0 aliphatic rings. The molecule has 0 saturated heterocycles. The topological polar surface area (TPSA) is 57.5 Å². The number of hydrogen-bond donors (Lipinski definition) is 2. The molecule has 0 atom stereocenters. The third-order valence-electron chi connectivity index (χ3n) is 1.38. The summed E-state index contributed by atoms with van der Waals surface area (Å²) in [5.41, 5.74) is 0.0764. The number of rotatable bonds is 2. The van der Waals surface area contributed by atoms with Crippen LogP contribution in [-0.2, 0) is 0 Å². The van der Waals surface area contributed by atoms with Crippen LogP contribution < -0.4 is 0 Å². The zero-order valence-corrected chi connectivity index (χ0v) is 7.88. The monoisotopic (exact) mass is 220 g/mol. The molecule has 5 heteroatoms. The van der Waals surface area contributed by atoms with Crippen LogP contribution in [0.2, 0.25) is 10.0 Å². The molecule has 13 heavy (non-hydrogen) atoms. The first-order valence-electron chi connectivity index (χ1n) is 3.37. The molecule has 2 N–H and O–H groups in total. The minimum atomic E-state index is -2.03. The first-order valence-corrected chi connectivity index (χ1v) is 4.13. The minimum Gasteiger partial charge on any atom is -0.362 e. The second-order valence-electron chi connectivity index (χ2n) is 2.40. The number of carbonyl (C=O) groups excluding carboxylic acids is 1. The van der Waals surface area contributed by atoms with Gasteiger partial charge < -0.3 is 10.2 Å². The van der Waals surface area contributed by atoms with Gasteiger partial charge in [-0.1, -0.05) is 23.2 Å². The van der Waals surface area contributed by atoms with Gasteiger partial charge in [-0.25, -0.2) is 0 Å². The molecule has 0 radical (unpaired) electrons. The Balaban J connectivity index is 3.08. The summed E-state index contributed by atoms with van der Waals surface area (Å²) in [6, 6.07) is 4.08. The third-order valence-corrected chi connectivity index (χ3v) is 1.82. The van der Waals surface area contributed by atoms with E-state index in [-0.39, 0.29) is 15.6 Å². The molecular weight excluding hydrogens is 215 g/mol. The van der Waals surface area contributed by atoms with Crippen LogP contribution in [0.3, 0.4) is 0 Å². The van der Waals surface area contributed by atoms with Crippen LogP contribution in [-0.4, -0.2) is 22.3 Å². The lowest BCUT2D eigenvalue weighted by atomic mass is 10.1. The van der Waals surface area contributed by atoms with Crippen molar-refractivity contribution in [3.05, 3.63) is 33.8 Å². The highest BCUT2D eigenvalue weighted by atomic mass is 35.5. The third kappa shape index (κ3) is 2.67. The Morgan fingerprint density at radius 2 is 1.62 bits per heavy atom. The van der Waals surface area contributed by atoms with Crippen molar-refractivity contribution in [2.24, 2.45) is 0 Å². The molecule has 1 aromatic rings. The zero-order valence-electron chi connectivity index (χ0n) is 6.37. The van der Waals surface area contributed by atoms with Gasteiger partial charge in [0.05, 0.1) is 0 Å². The lowest BCUT2D eigenvalue weighted by Gasteiger charge is -2.03. The number of hydrogen-bond acceptors (Lipinski definition) is 3. The van der Waals surface area contributed by atoms with E-state index < -0.39 is 12.1 Å². The number of carbonyl (C=O) groups is 1. The Morgan fingerprint density at radius 3 is 2.00 bits per heavy atom. The Morgan fingerprint density at radius 1 is 1.15 bits per heavy atom. The van der Waals surface area contributed by atoms with Gasteiger partial charge >= 0.3 is 0 Å². The summed E-state index contributed by atoms with van der Waals surface area (Å²) in [7, 11) is 0. The lowest BCUT2D eigenvalue weighted by Crippen LogP contribution is -2.19. The van der Waals surface area contributed by atoms with E-state index in [9.17, 15) is 4.79 Å². The molecule has 70 valence electrons. The van der Waals surface area contributed by atoms with Crippen molar-refractivity contribution in [1.29, 1.82) is 0 Å². The van der Waals surface area contributed by atoms with Gasteiger partial charge in [-0.2, -0.15) is 0 Å². The molecule has 0 unspecified atom stereocenters. The van der Waals surface area contributed by atoms with Gasteiger partial charge in [0.2, 0.25) is 12.1 Å². The molecular formula is C8H6Cl2O3. The fraction of sp³-hybridized carbons (Fsp3) is 0.125. The number of benzene rings is 1. The molecule has 0 saturated carbocycles. The van der Waals surface area contributed by atoms with E-state index in [1.54, 1.807) is 0 Å². The van der Waals surface area contributed by atoms with Gasteiger partial charge in [-0.05, 0) is 18.2 Å². The van der Waals surface area contributed by atoms with E-state index in [2.05, 4.69) is 0 Å². The largest absolute Gasteiger partial charge is 0.362 e. The SMILES string of the molecule is O=C(c1cc(Cl)cc(Cl)c1)C(O)O. The highest BCUT2D eigenvalue weighted by Crippen LogP contribution is 2.19. The van der Waals surface area contributed by atoms with Crippen LogP contribution in [0.1, 0.15) is 10.4 Å². The van der Waals surface area contributed by atoms with Crippen LogP contribution in [0.15, 0.2) is 18.2 Å². The number of aliphatic hydroxyl groups excluding tert-OH is 1. The smallest absolute Gasteiger partial charge is 0.218 e. The highest BCUT2D eigenvalue weighted by molar-refractivity contribution is 6.35. The average Bonchev–Trinajstić information content (AvgIpc) is 2.01. The summed E-state index contributed by atoms with van der Waals surface area (Å²) >= 11 is 11.2. The van der Waals surface area contributed by atoms with Crippen LogP contribution in [0.4, 0.5) is 0 Å². The molecule has 1 aromatic carbocycles. The van der Waals surface area contributed by atoms with Crippen LogP contribution >= 0.6 is 23.2 Å². The predicted molar refractivity (Wildman–Crippen MR) is 49.0 cm³/mol. The van der Waals surface area contributed by atoms with Crippen molar-refractivity contribution >= 4 is 29.0 Å². The van der Waals surface area contributed by atoms with E-state index >= 15 is 0 Å². The number of ketones is 1. The second-order valence-corrected chi connectivity index (χ2v) is 3.27. The van der Waals surface area contributed by atoms with E-state index in [0.29, 0.717) is 0 Å². The molecule has 0 spiro atoms. The number of halogens is 2. The minimum absolute atomic E-state index is 0.0764. The van der Waals surface area contributed by atoms with Crippen LogP contribution in [0.5, 0.6) is 0 Å². The fourth-order valence-corrected chi connectivity index (χ4v) is 1.37. The molecule has 0 amide bonds. The standard InChI is InChI=1S/C8H6Cl2O3/c9-5-1-4(2-6(10)3-5)7(11)8(12)13/h1-3,8,12-13H. The number of Topliss-reactive ketones (excluding diaryl/α,β-unsaturated/α-hetero) is 1. The molecule has 3 nitrogen and oxygen atoms in total. The summed E-state index contributed by atoms with van der Waals surface area (Å²) in [6.45, 7) is 0. The summed E-state index contributed by atoms with van der Waals surface area (Å²) < 4.78 is 0. The Kier molecular flexibility index (Phi) is 3.27. The molecule has 0 fully saturated rings. The first kappa shape index (κ1) is 10.5. The van der Waals surface area contributed by atoms with E-state index in [1.165, 1.54) is 18.2 Å². The zero-order chi connectivity index (χ0) is 10.0. The summed E-state index contributed by atoms with van der Waals surface area (Å²) in [5.74, 6) is -0.829. The van der Waals surface area contributed by atoms with Crippen molar-refractivity contribution in [1.82, 2.24) is 0 Å². The van der Waals surface area contributed by atoms with E-state index in [1.807, 2.05) is 0 Å². The maximum atomic E-state index is 11.0. The van der Waals surface area contributed by atoms with Crippen LogP contribution in [0.25, 0.3) is 0 Å². The van der Waals surface area contributed by atoms with Gasteiger partial charge in [0.25, 0.3) is 0 Å². The average molecular weight is 221 g/mol. The molecule has 0 aliphatic heterocycles. The highest BCUT2D eigenvalue weighted by Gasteiger charge is 2.14. The van der Waals surface area contributed by atoms with Crippen LogP contribution in [0, 0.1) is 0 Å². The maximum absolute atomic E-state index is 11.0. The first-order chi connectivity index (χ1) is 6.00. The summed E-state index contributed by atoms with van der Waals surface area (Å²) in [4.78, 5) is 11.0. The van der Waals surface area contributed by atoms with Gasteiger partial charge in [-0.15, -0.1) is 0 Å². The van der Waals surface area contributed by atoms with Crippen molar-refractivity contribution < 1.29 is 15.0 Å². The maximum Gasteiger partial charge on any atom is 0.218 e. The predicted octanol–water partition coefficient (Wildman–Crippen LogP) is 1.49. The molecule has 1 rings (SSSR count). The van der Waals surface area contributed by atoms with Gasteiger partial charge in [-0.3, -0.25) is 4.79 Å². The number of aliphatic hydroxyl groups is 2. The Hall–Kier alpha value is -0.610. The van der Waals surface area contributed by atoms with Crippen molar-refractivity contribution in [3.8, 4) is 0 Å². The quantitative estimate of drug-likeness (QED) is 0.587. The summed E-state index contributed by atoms with van der Waals surface area (Å²) in [5, 5.41) is 17.7. The normalized spacial score (nSPS) is 10.5. The van der Waals surface area contributed by atoms with Crippen molar-refractivity contribution in [2.45, 2.75) is 6.29 Å². The molecule has 0 aromatic heterocycles. The van der Waals surface area contributed by atoms with Gasteiger partial charge in [0.1, 0.15) is 0 Å². The lowest BCUT2D eigenvalue weighted by molar-refractivity contribution is -0.0195. The Bertz CT molecular complexity index is 316.